The molecule has 0 atom stereocenters. The molecular weight excluding hydrogens is 537 g/mol. The summed E-state index contributed by atoms with van der Waals surface area (Å²) in [6.45, 7) is 0.620. The molecule has 37 heavy (non-hydrogen) atoms. The van der Waals surface area contributed by atoms with Crippen LogP contribution in [-0.2, 0) is 21.3 Å². The molecule has 0 aliphatic rings. The number of likely N-dealkylation sites (N-methyl/N-ethyl adjacent to an activating group) is 1. The Labute approximate surface area is 225 Å². The predicted molar refractivity (Wildman–Crippen MR) is 145 cm³/mol. The number of pyridine rings is 1. The standard InChI is InChI=1S/C25H25Cl2N5O4S/c1-30(11-12-32(37(3,34)35)15-17-5-4-6-18(13-17)25(33)36-2)22-14-21(31-10-9-28-16-31)19-7-8-20(26)23(27)24(19)29-22/h4-10,13-14,16H,11-12,15H2,1-3H3. The van der Waals surface area contributed by atoms with E-state index < -0.39 is 16.0 Å². The van der Waals surface area contributed by atoms with Crippen molar-refractivity contribution in [3.63, 3.8) is 0 Å². The molecule has 0 N–H and O–H groups in total. The smallest absolute Gasteiger partial charge is 0.337 e. The van der Waals surface area contributed by atoms with Crippen LogP contribution in [0.5, 0.6) is 0 Å². The summed E-state index contributed by atoms with van der Waals surface area (Å²) in [5.74, 6) is 0.101. The lowest BCUT2D eigenvalue weighted by Crippen LogP contribution is -2.37. The molecule has 2 aromatic heterocycles. The number of carbonyl (C=O) groups is 1. The molecule has 0 unspecified atom stereocenters. The van der Waals surface area contributed by atoms with Crippen molar-refractivity contribution in [1.29, 1.82) is 0 Å². The topological polar surface area (TPSA) is 97.6 Å². The number of benzene rings is 2. The maximum Gasteiger partial charge on any atom is 0.337 e. The number of sulfonamides is 1. The fourth-order valence-electron chi connectivity index (χ4n) is 3.87. The third-order valence-electron chi connectivity index (χ3n) is 5.87. The number of esters is 1. The third-order valence-corrected chi connectivity index (χ3v) is 7.92. The zero-order chi connectivity index (χ0) is 26.7. The first-order valence-electron chi connectivity index (χ1n) is 11.2. The van der Waals surface area contributed by atoms with Gasteiger partial charge in [0.1, 0.15) is 5.82 Å². The Hall–Kier alpha value is -3.18. The van der Waals surface area contributed by atoms with E-state index in [0.717, 1.165) is 17.3 Å². The van der Waals surface area contributed by atoms with Crippen LogP contribution < -0.4 is 4.90 Å². The van der Waals surface area contributed by atoms with Gasteiger partial charge in [-0.05, 0) is 29.8 Å². The zero-order valence-electron chi connectivity index (χ0n) is 20.4. The first kappa shape index (κ1) is 26.9. The van der Waals surface area contributed by atoms with Crippen molar-refractivity contribution in [2.24, 2.45) is 0 Å². The Kier molecular flexibility index (Phi) is 8.03. The van der Waals surface area contributed by atoms with Crippen molar-refractivity contribution < 1.29 is 17.9 Å². The van der Waals surface area contributed by atoms with Gasteiger partial charge >= 0.3 is 5.97 Å². The van der Waals surface area contributed by atoms with Gasteiger partial charge in [0.05, 0.1) is 46.5 Å². The Morgan fingerprint density at radius 3 is 2.59 bits per heavy atom. The monoisotopic (exact) mass is 561 g/mol. The summed E-state index contributed by atoms with van der Waals surface area (Å²) in [5, 5.41) is 1.52. The number of carbonyl (C=O) groups excluding carboxylic acids is 1. The number of imidazole rings is 1. The van der Waals surface area contributed by atoms with Crippen LogP contribution in [0.2, 0.25) is 10.0 Å². The lowest BCUT2D eigenvalue weighted by atomic mass is 10.1. The molecule has 9 nitrogen and oxygen atoms in total. The van der Waals surface area contributed by atoms with Gasteiger partial charge in [0.2, 0.25) is 10.0 Å². The molecule has 0 aliphatic carbocycles. The number of halogens is 2. The van der Waals surface area contributed by atoms with E-state index in [4.69, 9.17) is 32.9 Å². The van der Waals surface area contributed by atoms with Crippen LogP contribution in [0.4, 0.5) is 5.82 Å². The van der Waals surface area contributed by atoms with Crippen LogP contribution in [0.15, 0.2) is 61.2 Å². The molecule has 0 amide bonds. The van der Waals surface area contributed by atoms with E-state index >= 15 is 0 Å². The van der Waals surface area contributed by atoms with Gasteiger partial charge in [0.15, 0.2) is 0 Å². The minimum Gasteiger partial charge on any atom is -0.465 e. The number of fused-ring (bicyclic) bond motifs is 1. The molecule has 194 valence electrons. The number of nitrogens with zero attached hydrogens (tertiary/aromatic N) is 5. The highest BCUT2D eigenvalue weighted by molar-refractivity contribution is 7.88. The third kappa shape index (κ3) is 6.04. The Balaban J connectivity index is 1.61. The summed E-state index contributed by atoms with van der Waals surface area (Å²) < 4.78 is 33.1. The van der Waals surface area contributed by atoms with E-state index in [0.29, 0.717) is 39.1 Å². The first-order chi connectivity index (χ1) is 17.6. The van der Waals surface area contributed by atoms with Crippen molar-refractivity contribution in [2.45, 2.75) is 6.54 Å². The van der Waals surface area contributed by atoms with Crippen molar-refractivity contribution in [1.82, 2.24) is 18.8 Å². The van der Waals surface area contributed by atoms with Crippen LogP contribution in [0.25, 0.3) is 16.6 Å². The van der Waals surface area contributed by atoms with E-state index in [-0.39, 0.29) is 13.1 Å². The predicted octanol–water partition coefficient (Wildman–Crippen LogP) is 4.41. The molecule has 2 heterocycles. The van der Waals surface area contributed by atoms with Crippen molar-refractivity contribution in [3.05, 3.63) is 82.4 Å². The van der Waals surface area contributed by atoms with Gasteiger partial charge in [0.25, 0.3) is 0 Å². The summed E-state index contributed by atoms with van der Waals surface area (Å²) in [4.78, 5) is 22.6. The van der Waals surface area contributed by atoms with Gasteiger partial charge in [-0.1, -0.05) is 35.3 Å². The summed E-state index contributed by atoms with van der Waals surface area (Å²) in [6, 6.07) is 12.2. The molecule has 0 saturated carbocycles. The minimum atomic E-state index is -3.55. The van der Waals surface area contributed by atoms with Crippen molar-refractivity contribution in [2.75, 3.05) is 38.4 Å². The van der Waals surface area contributed by atoms with Gasteiger partial charge < -0.3 is 14.2 Å². The second kappa shape index (κ2) is 11.1. The summed E-state index contributed by atoms with van der Waals surface area (Å²) in [5.41, 5.74) is 2.36. The van der Waals surface area contributed by atoms with Crippen LogP contribution in [0.3, 0.4) is 0 Å². The van der Waals surface area contributed by atoms with Crippen molar-refractivity contribution in [3.8, 4) is 5.69 Å². The molecule has 0 bridgehead atoms. The molecule has 4 rings (SSSR count). The summed E-state index contributed by atoms with van der Waals surface area (Å²) >= 11 is 12.8. The fraction of sp³-hybridized carbons (Fsp3) is 0.240. The zero-order valence-corrected chi connectivity index (χ0v) is 22.8. The second-order valence-electron chi connectivity index (χ2n) is 8.44. The number of ether oxygens (including phenoxy) is 1. The van der Waals surface area contributed by atoms with E-state index in [1.807, 2.05) is 34.8 Å². The Morgan fingerprint density at radius 1 is 1.14 bits per heavy atom. The number of hydrogen-bond acceptors (Lipinski definition) is 7. The minimum absolute atomic E-state index is 0.102. The van der Waals surface area contributed by atoms with E-state index in [2.05, 4.69) is 4.98 Å². The van der Waals surface area contributed by atoms with Crippen LogP contribution in [-0.4, -0.2) is 66.7 Å². The molecule has 0 radical (unpaired) electrons. The van der Waals surface area contributed by atoms with Crippen molar-refractivity contribution >= 4 is 55.9 Å². The number of anilines is 1. The summed E-state index contributed by atoms with van der Waals surface area (Å²) in [7, 11) is -0.430. The maximum absolute atomic E-state index is 12.6. The number of hydrogen-bond donors (Lipinski definition) is 0. The second-order valence-corrected chi connectivity index (χ2v) is 11.2. The summed E-state index contributed by atoms with van der Waals surface area (Å²) in [6.07, 6.45) is 6.32. The number of rotatable bonds is 9. The molecule has 0 spiro atoms. The highest BCUT2D eigenvalue weighted by Gasteiger charge is 2.20. The Morgan fingerprint density at radius 2 is 1.92 bits per heavy atom. The highest BCUT2D eigenvalue weighted by Crippen LogP contribution is 2.34. The van der Waals surface area contributed by atoms with Gasteiger partial charge in [-0.3, -0.25) is 0 Å². The van der Waals surface area contributed by atoms with E-state index in [1.165, 1.54) is 11.4 Å². The normalized spacial score (nSPS) is 11.7. The molecule has 0 aliphatic heterocycles. The molecule has 2 aromatic carbocycles. The van der Waals surface area contributed by atoms with Gasteiger partial charge in [-0.25, -0.2) is 23.2 Å². The first-order valence-corrected chi connectivity index (χ1v) is 13.8. The molecular formula is C25H25Cl2N5O4S. The van der Waals surface area contributed by atoms with Gasteiger partial charge in [-0.15, -0.1) is 0 Å². The quantitative estimate of drug-likeness (QED) is 0.279. The maximum atomic E-state index is 12.6. The number of methoxy groups -OCH3 is 1. The lowest BCUT2D eigenvalue weighted by Gasteiger charge is -2.25. The number of aromatic nitrogens is 3. The van der Waals surface area contributed by atoms with E-state index in [9.17, 15) is 13.2 Å². The SMILES string of the molecule is COC(=O)c1cccc(CN(CCN(C)c2cc(-n3ccnc3)c3ccc(Cl)c(Cl)c3n2)S(C)(=O)=O)c1. The average molecular weight is 562 g/mol. The van der Waals surface area contributed by atoms with Gasteiger partial charge in [0, 0.05) is 50.5 Å². The molecule has 4 aromatic rings. The van der Waals surface area contributed by atoms with Crippen LogP contribution in [0, 0.1) is 0 Å². The molecule has 0 fully saturated rings. The molecule has 0 saturated heterocycles. The largest absolute Gasteiger partial charge is 0.465 e. The molecule has 12 heteroatoms. The Bertz CT molecular complexity index is 1540. The lowest BCUT2D eigenvalue weighted by molar-refractivity contribution is 0.0600. The van der Waals surface area contributed by atoms with Crippen LogP contribution in [0.1, 0.15) is 15.9 Å². The highest BCUT2D eigenvalue weighted by atomic mass is 35.5. The van der Waals surface area contributed by atoms with E-state index in [1.54, 1.807) is 42.9 Å². The average Bonchev–Trinajstić information content (AvgIpc) is 3.42. The van der Waals surface area contributed by atoms with Crippen LogP contribution >= 0.6 is 23.2 Å². The fourth-order valence-corrected chi connectivity index (χ4v) is 5.03. The van der Waals surface area contributed by atoms with Gasteiger partial charge in [-0.2, -0.15) is 4.31 Å².